The van der Waals surface area contributed by atoms with Gasteiger partial charge in [0.05, 0.1) is 5.56 Å². The van der Waals surface area contributed by atoms with E-state index < -0.39 is 0 Å². The number of nitrogens with two attached hydrogens (primary N) is 1. The molecular formula is C10H7ClN4. The molecule has 4 nitrogen and oxygen atoms in total. The van der Waals surface area contributed by atoms with E-state index in [1.165, 1.54) is 0 Å². The molecule has 0 atom stereocenters. The number of aromatic nitrogens is 3. The summed E-state index contributed by atoms with van der Waals surface area (Å²) in [5, 5.41) is 9.21. The van der Waals surface area contributed by atoms with Crippen LogP contribution in [0.5, 0.6) is 0 Å². The maximum absolute atomic E-state index is 6.04. The maximum atomic E-state index is 6.04. The van der Waals surface area contributed by atoms with Crippen LogP contribution in [0.25, 0.3) is 22.2 Å². The number of aromatic amines is 1. The monoisotopic (exact) mass is 218 g/mol. The lowest BCUT2D eigenvalue weighted by molar-refractivity contribution is 1.10. The molecule has 0 unspecified atom stereocenters. The number of para-hydroxylation sites is 1. The van der Waals surface area contributed by atoms with E-state index in [2.05, 4.69) is 15.2 Å². The molecule has 0 amide bonds. The van der Waals surface area contributed by atoms with Crippen molar-refractivity contribution in [3.63, 3.8) is 0 Å². The molecule has 2 aliphatic heterocycles. The number of nitrogens with one attached hydrogen (secondary N) is 1. The van der Waals surface area contributed by atoms with Crippen LogP contribution in [0.15, 0.2) is 24.3 Å². The van der Waals surface area contributed by atoms with Crippen molar-refractivity contribution in [1.29, 1.82) is 0 Å². The van der Waals surface area contributed by atoms with E-state index in [4.69, 9.17) is 17.3 Å². The summed E-state index contributed by atoms with van der Waals surface area (Å²) in [5.74, 6) is 0.414. The highest BCUT2D eigenvalue weighted by atomic mass is 35.5. The summed E-state index contributed by atoms with van der Waals surface area (Å²) in [6.45, 7) is 0. The molecule has 3 N–H and O–H groups in total. The average molecular weight is 219 g/mol. The van der Waals surface area contributed by atoms with E-state index in [-0.39, 0.29) is 0 Å². The molecule has 5 heteroatoms. The first kappa shape index (κ1) is 8.49. The van der Waals surface area contributed by atoms with Crippen molar-refractivity contribution in [2.45, 2.75) is 0 Å². The van der Waals surface area contributed by atoms with E-state index in [1.54, 1.807) is 0 Å². The molecule has 74 valence electrons. The van der Waals surface area contributed by atoms with Crippen LogP contribution < -0.4 is 5.73 Å². The number of anilines is 1. The molecule has 0 spiro atoms. The molecule has 2 aliphatic rings. The Balaban J connectivity index is 2.60. The molecule has 1 aromatic rings. The summed E-state index contributed by atoms with van der Waals surface area (Å²) in [6.07, 6.45) is 0. The van der Waals surface area contributed by atoms with Gasteiger partial charge in [0, 0.05) is 10.9 Å². The third-order valence-electron chi connectivity index (χ3n) is 2.40. The maximum Gasteiger partial charge on any atom is 0.156 e. The number of hydrogen-bond acceptors (Lipinski definition) is 3. The van der Waals surface area contributed by atoms with Gasteiger partial charge in [-0.25, -0.2) is 0 Å². The minimum atomic E-state index is 0.414. The molecule has 0 aromatic heterocycles. The van der Waals surface area contributed by atoms with Crippen LogP contribution in [0, 0.1) is 0 Å². The highest BCUT2D eigenvalue weighted by Gasteiger charge is 2.18. The largest absolute Gasteiger partial charge is 0.382 e. The van der Waals surface area contributed by atoms with Crippen LogP contribution in [0.1, 0.15) is 0 Å². The predicted octanol–water partition coefficient (Wildman–Crippen LogP) is 2.30. The first-order chi connectivity index (χ1) is 7.27. The van der Waals surface area contributed by atoms with Crippen molar-refractivity contribution in [3.05, 3.63) is 29.4 Å². The molecule has 0 saturated heterocycles. The minimum Gasteiger partial charge on any atom is -0.382 e. The second-order valence-corrected chi connectivity index (χ2v) is 3.67. The van der Waals surface area contributed by atoms with Gasteiger partial charge in [-0.15, -0.1) is 10.2 Å². The summed E-state index contributed by atoms with van der Waals surface area (Å²) < 4.78 is 0. The summed E-state index contributed by atoms with van der Waals surface area (Å²) in [6, 6.07) is 7.77. The van der Waals surface area contributed by atoms with Gasteiger partial charge in [0.15, 0.2) is 5.82 Å². The Labute approximate surface area is 90.4 Å². The fourth-order valence-electron chi connectivity index (χ4n) is 1.73. The Morgan fingerprint density at radius 3 is 2.87 bits per heavy atom. The number of rotatable bonds is 0. The topological polar surface area (TPSA) is 67.6 Å². The van der Waals surface area contributed by atoms with Gasteiger partial charge in [0.2, 0.25) is 0 Å². The first-order valence-electron chi connectivity index (χ1n) is 4.45. The second-order valence-electron chi connectivity index (χ2n) is 3.29. The zero-order chi connectivity index (χ0) is 10.4. The summed E-state index contributed by atoms with van der Waals surface area (Å²) in [7, 11) is 0. The smallest absolute Gasteiger partial charge is 0.156 e. The van der Waals surface area contributed by atoms with Gasteiger partial charge in [-0.05, 0) is 6.07 Å². The molecule has 0 saturated carbocycles. The van der Waals surface area contributed by atoms with Crippen molar-refractivity contribution >= 4 is 28.3 Å². The number of H-pyrrole nitrogens is 1. The van der Waals surface area contributed by atoms with Crippen molar-refractivity contribution in [1.82, 2.24) is 15.2 Å². The standard InChI is InChI=1S/C10H7ClN4/c11-9-8-7(10(12)15-14-8)5-3-1-2-4-6(5)13-9/h1-4,13H,12H2. The Bertz CT molecular complexity index is 616. The van der Waals surface area contributed by atoms with Gasteiger partial charge < -0.3 is 10.7 Å². The molecule has 2 heterocycles. The molecule has 0 fully saturated rings. The van der Waals surface area contributed by atoms with E-state index >= 15 is 0 Å². The number of nitrogen functional groups attached to an aromatic ring is 1. The fraction of sp³-hybridized carbons (Fsp3) is 0. The van der Waals surface area contributed by atoms with Crippen molar-refractivity contribution < 1.29 is 0 Å². The zero-order valence-corrected chi connectivity index (χ0v) is 8.42. The second kappa shape index (κ2) is 2.84. The SMILES string of the molecule is Nc1nnc2c(Cl)[nH]c3ccccc3c1-2. The fourth-order valence-corrected chi connectivity index (χ4v) is 1.97. The molecule has 0 radical (unpaired) electrons. The van der Waals surface area contributed by atoms with E-state index in [1.807, 2.05) is 24.3 Å². The first-order valence-corrected chi connectivity index (χ1v) is 4.83. The Kier molecular flexibility index (Phi) is 1.61. The van der Waals surface area contributed by atoms with Crippen LogP contribution in [0.2, 0.25) is 5.15 Å². The normalized spacial score (nSPS) is 11.3. The molecule has 0 aliphatic carbocycles. The lowest BCUT2D eigenvalue weighted by Crippen LogP contribution is -1.91. The van der Waals surface area contributed by atoms with Crippen LogP contribution >= 0.6 is 11.6 Å². The number of pyridine rings is 1. The predicted molar refractivity (Wildman–Crippen MR) is 59.9 cm³/mol. The van der Waals surface area contributed by atoms with E-state index in [0.717, 1.165) is 16.5 Å². The minimum absolute atomic E-state index is 0.414. The number of halogens is 1. The van der Waals surface area contributed by atoms with Gasteiger partial charge in [0.25, 0.3) is 0 Å². The lowest BCUT2D eigenvalue weighted by atomic mass is 10.1. The average Bonchev–Trinajstić information content (AvgIpc) is 2.62. The van der Waals surface area contributed by atoms with Crippen LogP contribution in [0.4, 0.5) is 5.82 Å². The molecule has 0 bridgehead atoms. The molecule has 3 rings (SSSR count). The van der Waals surface area contributed by atoms with Crippen molar-refractivity contribution in [2.24, 2.45) is 0 Å². The third-order valence-corrected chi connectivity index (χ3v) is 2.67. The highest BCUT2D eigenvalue weighted by molar-refractivity contribution is 6.33. The molecule has 15 heavy (non-hydrogen) atoms. The van der Waals surface area contributed by atoms with Gasteiger partial charge in [-0.1, -0.05) is 29.8 Å². The van der Waals surface area contributed by atoms with Crippen LogP contribution in [-0.2, 0) is 0 Å². The number of nitrogens with zero attached hydrogens (tertiary/aromatic N) is 2. The van der Waals surface area contributed by atoms with Crippen molar-refractivity contribution in [3.8, 4) is 11.3 Å². The van der Waals surface area contributed by atoms with Crippen LogP contribution in [0.3, 0.4) is 0 Å². The number of fused-ring (bicyclic) bond motifs is 3. The third kappa shape index (κ3) is 1.08. The van der Waals surface area contributed by atoms with E-state index in [9.17, 15) is 0 Å². The van der Waals surface area contributed by atoms with Gasteiger partial charge in [0.1, 0.15) is 10.8 Å². The van der Waals surface area contributed by atoms with Gasteiger partial charge in [-0.3, -0.25) is 0 Å². The van der Waals surface area contributed by atoms with E-state index in [0.29, 0.717) is 16.7 Å². The lowest BCUT2D eigenvalue weighted by Gasteiger charge is -2.06. The van der Waals surface area contributed by atoms with Gasteiger partial charge >= 0.3 is 0 Å². The summed E-state index contributed by atoms with van der Waals surface area (Å²) in [4.78, 5) is 3.05. The quantitative estimate of drug-likeness (QED) is 0.569. The number of benzene rings is 1. The highest BCUT2D eigenvalue weighted by Crippen LogP contribution is 2.36. The summed E-state index contributed by atoms with van der Waals surface area (Å²) in [5.41, 5.74) is 8.12. The Morgan fingerprint density at radius 2 is 2.00 bits per heavy atom. The Morgan fingerprint density at radius 1 is 1.20 bits per heavy atom. The van der Waals surface area contributed by atoms with Crippen molar-refractivity contribution in [2.75, 3.05) is 5.73 Å². The Hall–Kier alpha value is -1.81. The number of hydrogen-bond donors (Lipinski definition) is 2. The molecular weight excluding hydrogens is 212 g/mol. The van der Waals surface area contributed by atoms with Crippen LogP contribution in [-0.4, -0.2) is 15.2 Å². The summed E-state index contributed by atoms with van der Waals surface area (Å²) >= 11 is 6.04. The molecule has 1 aromatic carbocycles. The zero-order valence-electron chi connectivity index (χ0n) is 7.66. The van der Waals surface area contributed by atoms with Gasteiger partial charge in [-0.2, -0.15) is 0 Å².